The molecule has 0 aliphatic carbocycles. The minimum atomic E-state index is 0.364. The van der Waals surface area contributed by atoms with Gasteiger partial charge in [-0.1, -0.05) is 24.3 Å². The summed E-state index contributed by atoms with van der Waals surface area (Å²) in [6, 6.07) is 8.79. The molecule has 0 aromatic heterocycles. The Bertz CT molecular complexity index is 358. The molecule has 2 heteroatoms. The predicted octanol–water partition coefficient (Wildman–Crippen LogP) is 2.65. The molecule has 17 heavy (non-hydrogen) atoms. The normalized spacial score (nSPS) is 17.8. The second kappa shape index (κ2) is 5.65. The fraction of sp³-hybridized carbons (Fsp3) is 0.600. The molecule has 1 saturated heterocycles. The number of ether oxygens (including phenoxy) is 1. The van der Waals surface area contributed by atoms with Crippen LogP contribution < -0.4 is 5.32 Å². The van der Waals surface area contributed by atoms with Crippen molar-refractivity contribution in [2.45, 2.75) is 32.1 Å². The van der Waals surface area contributed by atoms with Gasteiger partial charge in [-0.2, -0.15) is 0 Å². The van der Waals surface area contributed by atoms with Crippen molar-refractivity contribution in [1.82, 2.24) is 5.32 Å². The van der Waals surface area contributed by atoms with Gasteiger partial charge in [0, 0.05) is 31.7 Å². The van der Waals surface area contributed by atoms with E-state index in [0.717, 1.165) is 32.7 Å². The van der Waals surface area contributed by atoms with Crippen molar-refractivity contribution in [3.05, 3.63) is 35.4 Å². The molecule has 1 aromatic rings. The molecule has 1 aliphatic heterocycles. The third-order valence-electron chi connectivity index (χ3n) is 3.79. The van der Waals surface area contributed by atoms with E-state index in [1.165, 1.54) is 17.5 Å². The minimum absolute atomic E-state index is 0.364. The van der Waals surface area contributed by atoms with E-state index in [4.69, 9.17) is 4.74 Å². The molecule has 0 spiro atoms. The molecule has 1 aromatic carbocycles. The van der Waals surface area contributed by atoms with E-state index in [9.17, 15) is 0 Å². The van der Waals surface area contributed by atoms with Crippen LogP contribution in [0.1, 0.15) is 30.9 Å². The summed E-state index contributed by atoms with van der Waals surface area (Å²) in [5.41, 5.74) is 3.31. The van der Waals surface area contributed by atoms with Gasteiger partial charge in [0.15, 0.2) is 0 Å². The van der Waals surface area contributed by atoms with Gasteiger partial charge >= 0.3 is 0 Å². The van der Waals surface area contributed by atoms with E-state index < -0.39 is 0 Å². The summed E-state index contributed by atoms with van der Waals surface area (Å²) in [5.74, 6) is 0. The average Bonchev–Trinajstić information content (AvgIpc) is 2.29. The summed E-state index contributed by atoms with van der Waals surface area (Å²) in [6.07, 6.45) is 2.38. The van der Waals surface area contributed by atoms with E-state index >= 15 is 0 Å². The molecule has 2 rings (SSSR count). The summed E-state index contributed by atoms with van der Waals surface area (Å²) >= 11 is 0. The fourth-order valence-corrected chi connectivity index (χ4v) is 2.75. The monoisotopic (exact) mass is 233 g/mol. The van der Waals surface area contributed by atoms with Gasteiger partial charge in [-0.3, -0.25) is 0 Å². The van der Waals surface area contributed by atoms with Crippen LogP contribution in [-0.4, -0.2) is 26.3 Å². The van der Waals surface area contributed by atoms with Crippen molar-refractivity contribution in [3.8, 4) is 0 Å². The van der Waals surface area contributed by atoms with Crippen LogP contribution in [0.5, 0.6) is 0 Å². The van der Waals surface area contributed by atoms with Crippen molar-refractivity contribution >= 4 is 0 Å². The number of aryl methyl sites for hydroxylation is 1. The lowest BCUT2D eigenvalue weighted by Crippen LogP contribution is -2.57. The summed E-state index contributed by atoms with van der Waals surface area (Å²) < 4.78 is 5.44. The maximum atomic E-state index is 5.44. The van der Waals surface area contributed by atoms with Crippen LogP contribution in [0.4, 0.5) is 0 Å². The van der Waals surface area contributed by atoms with Gasteiger partial charge in [-0.05, 0) is 37.8 Å². The van der Waals surface area contributed by atoms with Crippen LogP contribution in [0.2, 0.25) is 0 Å². The average molecular weight is 233 g/mol. The van der Waals surface area contributed by atoms with Crippen LogP contribution >= 0.6 is 0 Å². The van der Waals surface area contributed by atoms with Gasteiger partial charge in [0.05, 0.1) is 0 Å². The highest BCUT2D eigenvalue weighted by molar-refractivity contribution is 5.36. The first-order valence-corrected chi connectivity index (χ1v) is 6.63. The van der Waals surface area contributed by atoms with Crippen molar-refractivity contribution in [2.24, 2.45) is 0 Å². The zero-order chi connectivity index (χ0) is 12.1. The first-order chi connectivity index (χ1) is 8.28. The Balaban J connectivity index is 2.02. The van der Waals surface area contributed by atoms with Crippen LogP contribution in [0, 0.1) is 6.92 Å². The lowest BCUT2D eigenvalue weighted by Gasteiger charge is -2.44. The van der Waals surface area contributed by atoms with Crippen molar-refractivity contribution in [1.29, 1.82) is 0 Å². The van der Waals surface area contributed by atoms with Gasteiger partial charge < -0.3 is 10.1 Å². The van der Waals surface area contributed by atoms with Crippen LogP contribution in [0.15, 0.2) is 24.3 Å². The third-order valence-corrected chi connectivity index (χ3v) is 3.79. The zero-order valence-corrected chi connectivity index (χ0v) is 11.0. The molecule has 0 saturated carbocycles. The highest BCUT2D eigenvalue weighted by atomic mass is 16.5. The smallest absolute Gasteiger partial charge is 0.0466 e. The standard InChI is InChI=1S/C15H23NO/c1-3-17-10-6-9-15(11-16-12-15)14-8-5-4-7-13(14)2/h4-5,7-8,16H,3,6,9-12H2,1-2H3. The maximum absolute atomic E-state index is 5.44. The number of hydrogen-bond acceptors (Lipinski definition) is 2. The fourth-order valence-electron chi connectivity index (χ4n) is 2.75. The minimum Gasteiger partial charge on any atom is -0.382 e. The predicted molar refractivity (Wildman–Crippen MR) is 71.5 cm³/mol. The Morgan fingerprint density at radius 2 is 2.06 bits per heavy atom. The molecule has 2 nitrogen and oxygen atoms in total. The second-order valence-corrected chi connectivity index (χ2v) is 5.00. The van der Waals surface area contributed by atoms with E-state index in [2.05, 4.69) is 43.4 Å². The summed E-state index contributed by atoms with van der Waals surface area (Å²) in [7, 11) is 0. The van der Waals surface area contributed by atoms with Crippen LogP contribution in [-0.2, 0) is 10.2 Å². The topological polar surface area (TPSA) is 21.3 Å². The first-order valence-electron chi connectivity index (χ1n) is 6.63. The molecular weight excluding hydrogens is 210 g/mol. The maximum Gasteiger partial charge on any atom is 0.0466 e. The third kappa shape index (κ3) is 2.70. The molecule has 0 radical (unpaired) electrons. The van der Waals surface area contributed by atoms with Crippen molar-refractivity contribution < 1.29 is 4.74 Å². The Morgan fingerprint density at radius 1 is 1.29 bits per heavy atom. The van der Waals surface area contributed by atoms with E-state index in [1.54, 1.807) is 0 Å². The molecule has 0 atom stereocenters. The highest BCUT2D eigenvalue weighted by Gasteiger charge is 2.38. The molecule has 0 bridgehead atoms. The molecule has 0 unspecified atom stereocenters. The van der Waals surface area contributed by atoms with Crippen LogP contribution in [0.3, 0.4) is 0 Å². The Kier molecular flexibility index (Phi) is 4.19. The molecule has 1 fully saturated rings. The first kappa shape index (κ1) is 12.6. The highest BCUT2D eigenvalue weighted by Crippen LogP contribution is 2.35. The largest absolute Gasteiger partial charge is 0.382 e. The van der Waals surface area contributed by atoms with Crippen molar-refractivity contribution in [2.75, 3.05) is 26.3 Å². The Morgan fingerprint density at radius 3 is 2.65 bits per heavy atom. The van der Waals surface area contributed by atoms with E-state index in [1.807, 2.05) is 0 Å². The number of rotatable bonds is 6. The summed E-state index contributed by atoms with van der Waals surface area (Å²) in [5, 5.41) is 3.43. The van der Waals surface area contributed by atoms with E-state index in [-0.39, 0.29) is 0 Å². The molecule has 1 heterocycles. The Labute approximate surface area is 104 Å². The molecule has 1 aliphatic rings. The van der Waals surface area contributed by atoms with Gasteiger partial charge in [0.2, 0.25) is 0 Å². The molecule has 0 amide bonds. The SMILES string of the molecule is CCOCCCC1(c2ccccc2C)CNC1. The summed E-state index contributed by atoms with van der Waals surface area (Å²) in [6.45, 7) is 8.23. The van der Waals surface area contributed by atoms with E-state index in [0.29, 0.717) is 5.41 Å². The number of benzene rings is 1. The quantitative estimate of drug-likeness (QED) is 0.763. The van der Waals surface area contributed by atoms with Crippen molar-refractivity contribution in [3.63, 3.8) is 0 Å². The lowest BCUT2D eigenvalue weighted by molar-refractivity contribution is 0.129. The van der Waals surface area contributed by atoms with Gasteiger partial charge in [0.25, 0.3) is 0 Å². The van der Waals surface area contributed by atoms with Crippen LogP contribution in [0.25, 0.3) is 0 Å². The number of nitrogens with one attached hydrogen (secondary N) is 1. The number of hydrogen-bond donors (Lipinski definition) is 1. The Hall–Kier alpha value is -0.860. The molecular formula is C15H23NO. The molecule has 1 N–H and O–H groups in total. The zero-order valence-electron chi connectivity index (χ0n) is 11.0. The second-order valence-electron chi connectivity index (χ2n) is 5.00. The summed E-state index contributed by atoms with van der Waals surface area (Å²) in [4.78, 5) is 0. The van der Waals surface area contributed by atoms with Gasteiger partial charge in [-0.15, -0.1) is 0 Å². The van der Waals surface area contributed by atoms with Gasteiger partial charge in [-0.25, -0.2) is 0 Å². The van der Waals surface area contributed by atoms with Gasteiger partial charge in [0.1, 0.15) is 0 Å². The lowest BCUT2D eigenvalue weighted by atomic mass is 9.70. The molecule has 94 valence electrons.